The minimum absolute atomic E-state index is 0.581. The maximum absolute atomic E-state index is 5.73. The molecule has 16 heavy (non-hydrogen) atoms. The molecule has 0 amide bonds. The summed E-state index contributed by atoms with van der Waals surface area (Å²) in [5, 5.41) is 3.48. The Bertz CT molecular complexity index is 330. The number of nitrogens with one attached hydrogen (secondary N) is 1. The Morgan fingerprint density at radius 1 is 1.38 bits per heavy atom. The second kappa shape index (κ2) is 5.19. The second-order valence-corrected chi connectivity index (χ2v) is 4.74. The van der Waals surface area contributed by atoms with Crippen LogP contribution in [-0.4, -0.2) is 11.0 Å². The SMILES string of the molecule is CCC1CCC(Nc2cc(N)ccn2)CC1. The quantitative estimate of drug-likeness (QED) is 0.821. The van der Waals surface area contributed by atoms with E-state index in [9.17, 15) is 0 Å². The number of hydrogen-bond acceptors (Lipinski definition) is 3. The Morgan fingerprint density at radius 3 is 2.75 bits per heavy atom. The van der Waals surface area contributed by atoms with E-state index in [4.69, 9.17) is 5.73 Å². The molecule has 3 nitrogen and oxygen atoms in total. The summed E-state index contributed by atoms with van der Waals surface area (Å²) in [5.41, 5.74) is 6.50. The molecule has 1 aliphatic rings. The summed E-state index contributed by atoms with van der Waals surface area (Å²) < 4.78 is 0. The third-order valence-electron chi connectivity index (χ3n) is 3.56. The van der Waals surface area contributed by atoms with Gasteiger partial charge in [-0.25, -0.2) is 4.98 Å². The monoisotopic (exact) mass is 219 g/mol. The molecular weight excluding hydrogens is 198 g/mol. The van der Waals surface area contributed by atoms with Crippen LogP contribution in [0.4, 0.5) is 11.5 Å². The fraction of sp³-hybridized carbons (Fsp3) is 0.615. The normalized spacial score (nSPS) is 25.3. The molecule has 1 aromatic rings. The van der Waals surface area contributed by atoms with Crippen molar-refractivity contribution in [2.75, 3.05) is 11.1 Å². The first-order valence-electron chi connectivity index (χ1n) is 6.26. The smallest absolute Gasteiger partial charge is 0.128 e. The lowest BCUT2D eigenvalue weighted by Crippen LogP contribution is -2.26. The van der Waals surface area contributed by atoms with Crippen LogP contribution in [0, 0.1) is 5.92 Å². The molecule has 0 saturated heterocycles. The molecule has 2 rings (SSSR count). The van der Waals surface area contributed by atoms with Crippen LogP contribution in [0.3, 0.4) is 0 Å². The van der Waals surface area contributed by atoms with E-state index >= 15 is 0 Å². The minimum atomic E-state index is 0.581. The highest BCUT2D eigenvalue weighted by molar-refractivity contribution is 5.48. The molecule has 88 valence electrons. The summed E-state index contributed by atoms with van der Waals surface area (Å²) in [5.74, 6) is 1.85. The molecule has 1 aromatic heterocycles. The third kappa shape index (κ3) is 2.87. The van der Waals surface area contributed by atoms with Gasteiger partial charge in [-0.3, -0.25) is 0 Å². The highest BCUT2D eigenvalue weighted by atomic mass is 15.0. The van der Waals surface area contributed by atoms with Crippen molar-refractivity contribution in [2.45, 2.75) is 45.1 Å². The van der Waals surface area contributed by atoms with Gasteiger partial charge in [-0.15, -0.1) is 0 Å². The van der Waals surface area contributed by atoms with Gasteiger partial charge < -0.3 is 11.1 Å². The number of nitrogens with zero attached hydrogens (tertiary/aromatic N) is 1. The summed E-state index contributed by atoms with van der Waals surface area (Å²) >= 11 is 0. The fourth-order valence-corrected chi connectivity index (χ4v) is 2.45. The molecule has 3 N–H and O–H groups in total. The Morgan fingerprint density at radius 2 is 2.12 bits per heavy atom. The van der Waals surface area contributed by atoms with Crippen LogP contribution in [0.15, 0.2) is 18.3 Å². The molecule has 0 atom stereocenters. The van der Waals surface area contributed by atoms with E-state index in [1.165, 1.54) is 32.1 Å². The first kappa shape index (κ1) is 11.2. The average molecular weight is 219 g/mol. The van der Waals surface area contributed by atoms with Gasteiger partial charge in [-0.05, 0) is 37.7 Å². The van der Waals surface area contributed by atoms with Crippen molar-refractivity contribution in [1.29, 1.82) is 0 Å². The van der Waals surface area contributed by atoms with Crippen molar-refractivity contribution >= 4 is 11.5 Å². The molecule has 0 spiro atoms. The Hall–Kier alpha value is -1.25. The maximum Gasteiger partial charge on any atom is 0.128 e. The largest absolute Gasteiger partial charge is 0.399 e. The number of nitrogens with two attached hydrogens (primary N) is 1. The molecule has 1 fully saturated rings. The molecule has 1 saturated carbocycles. The summed E-state index contributed by atoms with van der Waals surface area (Å²) in [6.45, 7) is 2.29. The highest BCUT2D eigenvalue weighted by Crippen LogP contribution is 2.28. The number of aromatic nitrogens is 1. The second-order valence-electron chi connectivity index (χ2n) is 4.74. The van der Waals surface area contributed by atoms with Crippen molar-refractivity contribution < 1.29 is 0 Å². The minimum Gasteiger partial charge on any atom is -0.399 e. The summed E-state index contributed by atoms with van der Waals surface area (Å²) in [6.07, 6.45) is 8.29. The van der Waals surface area contributed by atoms with Crippen LogP contribution in [0.2, 0.25) is 0 Å². The zero-order valence-electron chi connectivity index (χ0n) is 9.95. The van der Waals surface area contributed by atoms with Crippen LogP contribution in [-0.2, 0) is 0 Å². The lowest BCUT2D eigenvalue weighted by atomic mass is 9.84. The number of hydrogen-bond donors (Lipinski definition) is 2. The third-order valence-corrected chi connectivity index (χ3v) is 3.56. The predicted octanol–water partition coefficient (Wildman–Crippen LogP) is 3.04. The molecule has 0 unspecified atom stereocenters. The predicted molar refractivity (Wildman–Crippen MR) is 68.3 cm³/mol. The molecule has 3 heteroatoms. The van der Waals surface area contributed by atoms with Crippen molar-refractivity contribution in [3.63, 3.8) is 0 Å². The van der Waals surface area contributed by atoms with E-state index in [0.717, 1.165) is 17.4 Å². The van der Waals surface area contributed by atoms with Crippen molar-refractivity contribution in [3.05, 3.63) is 18.3 Å². The van der Waals surface area contributed by atoms with Gasteiger partial charge >= 0.3 is 0 Å². The van der Waals surface area contributed by atoms with Gasteiger partial charge in [0, 0.05) is 24.0 Å². The van der Waals surface area contributed by atoms with E-state index in [2.05, 4.69) is 17.2 Å². The van der Waals surface area contributed by atoms with Crippen molar-refractivity contribution in [3.8, 4) is 0 Å². The van der Waals surface area contributed by atoms with Gasteiger partial charge in [0.1, 0.15) is 5.82 Å². The molecular formula is C13H21N3. The van der Waals surface area contributed by atoms with Gasteiger partial charge in [0.05, 0.1) is 0 Å². The van der Waals surface area contributed by atoms with Crippen LogP contribution in [0.1, 0.15) is 39.0 Å². The molecule has 0 radical (unpaired) electrons. The van der Waals surface area contributed by atoms with Crippen LogP contribution < -0.4 is 11.1 Å². The van der Waals surface area contributed by atoms with Crippen LogP contribution in [0.5, 0.6) is 0 Å². The van der Waals surface area contributed by atoms with Crippen molar-refractivity contribution in [2.24, 2.45) is 5.92 Å². The zero-order chi connectivity index (χ0) is 11.4. The van der Waals surface area contributed by atoms with E-state index in [1.54, 1.807) is 6.20 Å². The van der Waals surface area contributed by atoms with Gasteiger partial charge in [0.2, 0.25) is 0 Å². The van der Waals surface area contributed by atoms with Gasteiger partial charge in [-0.2, -0.15) is 0 Å². The fourth-order valence-electron chi connectivity index (χ4n) is 2.45. The molecule has 0 aromatic carbocycles. The molecule has 1 heterocycles. The number of pyridine rings is 1. The molecule has 0 bridgehead atoms. The van der Waals surface area contributed by atoms with Crippen molar-refractivity contribution in [1.82, 2.24) is 4.98 Å². The molecule has 0 aliphatic heterocycles. The first-order chi connectivity index (χ1) is 7.78. The lowest BCUT2D eigenvalue weighted by Gasteiger charge is -2.28. The van der Waals surface area contributed by atoms with Gasteiger partial charge in [-0.1, -0.05) is 13.3 Å². The van der Waals surface area contributed by atoms with Crippen LogP contribution >= 0.6 is 0 Å². The van der Waals surface area contributed by atoms with Crippen LogP contribution in [0.25, 0.3) is 0 Å². The molecule has 1 aliphatic carbocycles. The number of rotatable bonds is 3. The lowest BCUT2D eigenvalue weighted by molar-refractivity contribution is 0.330. The van der Waals surface area contributed by atoms with Gasteiger partial charge in [0.25, 0.3) is 0 Å². The van der Waals surface area contributed by atoms with E-state index in [0.29, 0.717) is 6.04 Å². The Labute approximate surface area is 97.5 Å². The Kier molecular flexibility index (Phi) is 3.65. The first-order valence-corrected chi connectivity index (χ1v) is 6.26. The van der Waals surface area contributed by atoms with E-state index in [1.807, 2.05) is 12.1 Å². The topological polar surface area (TPSA) is 50.9 Å². The van der Waals surface area contributed by atoms with E-state index in [-0.39, 0.29) is 0 Å². The number of anilines is 2. The highest BCUT2D eigenvalue weighted by Gasteiger charge is 2.19. The summed E-state index contributed by atoms with van der Waals surface area (Å²) in [4.78, 5) is 4.28. The zero-order valence-corrected chi connectivity index (χ0v) is 9.95. The maximum atomic E-state index is 5.73. The van der Waals surface area contributed by atoms with Gasteiger partial charge in [0.15, 0.2) is 0 Å². The average Bonchev–Trinajstić information content (AvgIpc) is 2.30. The standard InChI is InChI=1S/C13H21N3/c1-2-10-3-5-12(6-4-10)16-13-9-11(14)7-8-15-13/h7-10,12H,2-6H2,1H3,(H3,14,15,16). The summed E-state index contributed by atoms with van der Waals surface area (Å²) in [6, 6.07) is 4.31. The number of nitrogen functional groups attached to an aromatic ring is 1. The van der Waals surface area contributed by atoms with E-state index < -0.39 is 0 Å². The Balaban J connectivity index is 1.87. The summed E-state index contributed by atoms with van der Waals surface area (Å²) in [7, 11) is 0.